The lowest BCUT2D eigenvalue weighted by Gasteiger charge is -1.97. The molecule has 0 atom stereocenters. The van der Waals surface area contributed by atoms with E-state index in [-0.39, 0.29) is 17.8 Å². The zero-order valence-electron chi connectivity index (χ0n) is 7.65. The lowest BCUT2D eigenvalue weighted by molar-refractivity contribution is 0.0512. The molecule has 0 unspecified atom stereocenters. The summed E-state index contributed by atoms with van der Waals surface area (Å²) in [6, 6.07) is 6.83. The predicted octanol–water partition coefficient (Wildman–Crippen LogP) is 1.46. The van der Waals surface area contributed by atoms with Crippen molar-refractivity contribution in [1.29, 1.82) is 0 Å². The second kappa shape index (κ2) is 2.70. The predicted molar refractivity (Wildman–Crippen MR) is 51.6 cm³/mol. The number of rotatable bonds is 0. The molecule has 0 saturated carbocycles. The fourth-order valence-corrected chi connectivity index (χ4v) is 1.68. The minimum atomic E-state index is -0.562. The first-order valence-electron chi connectivity index (χ1n) is 4.49. The van der Waals surface area contributed by atoms with E-state index >= 15 is 0 Å². The summed E-state index contributed by atoms with van der Waals surface area (Å²) < 4.78 is 10.1. The second-order valence-corrected chi connectivity index (χ2v) is 3.31. The van der Waals surface area contributed by atoms with E-state index in [0.29, 0.717) is 16.5 Å². The Kier molecular flexibility index (Phi) is 1.48. The summed E-state index contributed by atoms with van der Waals surface area (Å²) >= 11 is 0. The van der Waals surface area contributed by atoms with Gasteiger partial charge in [0.05, 0.1) is 10.9 Å². The molecule has 0 aliphatic carbocycles. The van der Waals surface area contributed by atoms with Crippen molar-refractivity contribution in [2.75, 3.05) is 0 Å². The van der Waals surface area contributed by atoms with E-state index in [1.165, 1.54) is 0 Å². The highest BCUT2D eigenvalue weighted by molar-refractivity contribution is 5.92. The van der Waals surface area contributed by atoms with Crippen molar-refractivity contribution in [1.82, 2.24) is 0 Å². The fraction of sp³-hybridized carbons (Fsp3) is 0.0909. The van der Waals surface area contributed by atoms with Gasteiger partial charge in [-0.15, -0.1) is 0 Å². The molecule has 15 heavy (non-hydrogen) atoms. The lowest BCUT2D eigenvalue weighted by Crippen LogP contribution is -2.08. The Morgan fingerprint density at radius 2 is 1.93 bits per heavy atom. The van der Waals surface area contributed by atoms with Gasteiger partial charge in [-0.05, 0) is 12.1 Å². The van der Waals surface area contributed by atoms with Gasteiger partial charge in [0.2, 0.25) is 5.76 Å². The van der Waals surface area contributed by atoms with Gasteiger partial charge >= 0.3 is 5.97 Å². The maximum atomic E-state index is 11.9. The van der Waals surface area contributed by atoms with Crippen molar-refractivity contribution in [2.24, 2.45) is 0 Å². The first-order valence-corrected chi connectivity index (χ1v) is 4.49. The van der Waals surface area contributed by atoms with Crippen molar-refractivity contribution in [3.63, 3.8) is 0 Å². The van der Waals surface area contributed by atoms with E-state index in [9.17, 15) is 9.59 Å². The quantitative estimate of drug-likeness (QED) is 0.607. The van der Waals surface area contributed by atoms with Crippen LogP contribution in [-0.4, -0.2) is 5.97 Å². The maximum absolute atomic E-state index is 11.9. The average molecular weight is 202 g/mol. The Balaban J connectivity index is 2.51. The van der Waals surface area contributed by atoms with Crippen molar-refractivity contribution in [2.45, 2.75) is 6.61 Å². The number of carbonyl (C=O) groups is 1. The van der Waals surface area contributed by atoms with E-state index in [0.717, 1.165) is 0 Å². The van der Waals surface area contributed by atoms with Crippen molar-refractivity contribution >= 4 is 16.9 Å². The number of para-hydroxylation sites is 1. The van der Waals surface area contributed by atoms with E-state index in [1.807, 2.05) is 0 Å². The number of cyclic esters (lactones) is 1. The highest BCUT2D eigenvalue weighted by Crippen LogP contribution is 2.21. The molecule has 3 rings (SSSR count). The Labute approximate surface area is 84.1 Å². The van der Waals surface area contributed by atoms with Crippen LogP contribution in [0.2, 0.25) is 0 Å². The molecule has 0 spiro atoms. The van der Waals surface area contributed by atoms with E-state index in [1.54, 1.807) is 24.3 Å². The summed E-state index contributed by atoms with van der Waals surface area (Å²) in [7, 11) is 0. The van der Waals surface area contributed by atoms with Crippen LogP contribution in [0.4, 0.5) is 0 Å². The summed E-state index contributed by atoms with van der Waals surface area (Å²) in [6.45, 7) is 0.0152. The molecule has 0 N–H and O–H groups in total. The van der Waals surface area contributed by atoms with Gasteiger partial charge in [-0.25, -0.2) is 4.79 Å². The summed E-state index contributed by atoms with van der Waals surface area (Å²) in [5.41, 5.74) is 0.552. The first kappa shape index (κ1) is 8.23. The molecule has 4 nitrogen and oxygen atoms in total. The summed E-state index contributed by atoms with van der Waals surface area (Å²) in [5, 5.41) is 0.481. The molecule has 74 valence electrons. The second-order valence-electron chi connectivity index (χ2n) is 3.31. The fourth-order valence-electron chi connectivity index (χ4n) is 1.68. The molecule has 0 bridgehead atoms. The third kappa shape index (κ3) is 1.01. The molecule has 0 fully saturated rings. The average Bonchev–Trinajstić information content (AvgIpc) is 2.62. The van der Waals surface area contributed by atoms with Gasteiger partial charge in [0.1, 0.15) is 12.2 Å². The Morgan fingerprint density at radius 1 is 1.13 bits per heavy atom. The summed E-state index contributed by atoms with van der Waals surface area (Å²) in [4.78, 5) is 23.1. The number of esters is 1. The molecule has 0 saturated heterocycles. The van der Waals surface area contributed by atoms with Crippen LogP contribution in [0.5, 0.6) is 0 Å². The lowest BCUT2D eigenvalue weighted by atomic mass is 10.1. The smallest absolute Gasteiger partial charge is 0.375 e. The Hall–Kier alpha value is -2.10. The van der Waals surface area contributed by atoms with Crippen molar-refractivity contribution < 1.29 is 13.9 Å². The van der Waals surface area contributed by atoms with Crippen LogP contribution < -0.4 is 5.43 Å². The summed E-state index contributed by atoms with van der Waals surface area (Å²) in [5.74, 6) is -0.522. The molecule has 2 heterocycles. The van der Waals surface area contributed by atoms with Gasteiger partial charge in [0.25, 0.3) is 0 Å². The minimum Gasteiger partial charge on any atom is -0.455 e. The van der Waals surface area contributed by atoms with Crippen LogP contribution in [0.15, 0.2) is 33.5 Å². The van der Waals surface area contributed by atoms with Crippen molar-refractivity contribution in [3.05, 3.63) is 45.8 Å². The number of carbonyl (C=O) groups excluding carboxylic acids is 1. The highest BCUT2D eigenvalue weighted by Gasteiger charge is 2.28. The van der Waals surface area contributed by atoms with Crippen LogP contribution in [0, 0.1) is 0 Å². The molecule has 2 aromatic rings. The molecular weight excluding hydrogens is 196 g/mol. The van der Waals surface area contributed by atoms with E-state index in [4.69, 9.17) is 9.15 Å². The standard InChI is InChI=1S/C11H6O4/c12-9-6-3-1-2-4-8(6)15-10-7(9)5-14-11(10)13/h1-4H,5H2. The van der Waals surface area contributed by atoms with Crippen LogP contribution in [0.3, 0.4) is 0 Å². The molecule has 1 aromatic heterocycles. The largest absolute Gasteiger partial charge is 0.455 e. The first-order chi connectivity index (χ1) is 7.27. The number of benzene rings is 1. The molecule has 1 aliphatic heterocycles. The van der Waals surface area contributed by atoms with Gasteiger partial charge < -0.3 is 9.15 Å². The Morgan fingerprint density at radius 3 is 2.80 bits per heavy atom. The zero-order chi connectivity index (χ0) is 10.4. The topological polar surface area (TPSA) is 56.5 Å². The van der Waals surface area contributed by atoms with Gasteiger partial charge in [-0.2, -0.15) is 0 Å². The SMILES string of the molecule is O=C1OCc2c1oc1ccccc1c2=O. The Bertz CT molecular complexity index is 624. The molecule has 1 aromatic carbocycles. The molecular formula is C11H6O4. The van der Waals surface area contributed by atoms with Crippen molar-refractivity contribution in [3.8, 4) is 0 Å². The maximum Gasteiger partial charge on any atom is 0.375 e. The minimum absolute atomic E-state index is 0.0152. The van der Waals surface area contributed by atoms with Gasteiger partial charge in [0.15, 0.2) is 5.43 Å². The number of hydrogen-bond donors (Lipinski definition) is 0. The van der Waals surface area contributed by atoms with Crippen LogP contribution >= 0.6 is 0 Å². The number of hydrogen-bond acceptors (Lipinski definition) is 4. The normalized spacial score (nSPS) is 14.0. The number of ether oxygens (including phenoxy) is 1. The zero-order valence-corrected chi connectivity index (χ0v) is 7.65. The molecule has 1 aliphatic rings. The number of fused-ring (bicyclic) bond motifs is 2. The third-order valence-corrected chi connectivity index (χ3v) is 2.42. The van der Waals surface area contributed by atoms with E-state index < -0.39 is 5.97 Å². The van der Waals surface area contributed by atoms with Crippen LogP contribution in [-0.2, 0) is 11.3 Å². The molecule has 4 heteroatoms. The van der Waals surface area contributed by atoms with Crippen LogP contribution in [0.1, 0.15) is 16.1 Å². The monoisotopic (exact) mass is 202 g/mol. The molecule has 0 amide bonds. The van der Waals surface area contributed by atoms with Gasteiger partial charge in [0, 0.05) is 0 Å². The summed E-state index contributed by atoms with van der Waals surface area (Å²) in [6.07, 6.45) is 0. The molecule has 0 radical (unpaired) electrons. The van der Waals surface area contributed by atoms with Gasteiger partial charge in [-0.3, -0.25) is 4.79 Å². The van der Waals surface area contributed by atoms with Crippen LogP contribution in [0.25, 0.3) is 11.0 Å². The van der Waals surface area contributed by atoms with E-state index in [2.05, 4.69) is 0 Å². The highest BCUT2D eigenvalue weighted by atomic mass is 16.6. The van der Waals surface area contributed by atoms with Gasteiger partial charge in [-0.1, -0.05) is 12.1 Å². The third-order valence-electron chi connectivity index (χ3n) is 2.42.